The lowest BCUT2D eigenvalue weighted by atomic mass is 10.1. The van der Waals surface area contributed by atoms with Crippen LogP contribution in [0.1, 0.15) is 10.5 Å². The Morgan fingerprint density at radius 1 is 1.04 bits per heavy atom. The van der Waals surface area contributed by atoms with E-state index >= 15 is 0 Å². The monoisotopic (exact) mass is 358 g/mol. The van der Waals surface area contributed by atoms with E-state index in [9.17, 15) is 4.79 Å². The van der Waals surface area contributed by atoms with Gasteiger partial charge in [0.1, 0.15) is 5.69 Å². The molecule has 0 unspecified atom stereocenters. The number of carbonyl (C=O) groups is 1. The van der Waals surface area contributed by atoms with Crippen molar-refractivity contribution in [2.75, 3.05) is 17.7 Å². The Bertz CT molecular complexity index is 1120. The first-order chi connectivity index (χ1) is 13.2. The van der Waals surface area contributed by atoms with E-state index in [0.29, 0.717) is 11.5 Å². The molecule has 4 aromatic rings. The summed E-state index contributed by atoms with van der Waals surface area (Å²) in [6.07, 6.45) is 1.42. The number of nitrogens with two attached hydrogens (primary N) is 1. The number of hydrogen-bond acceptors (Lipinski definition) is 5. The van der Waals surface area contributed by atoms with Gasteiger partial charge >= 0.3 is 0 Å². The Hall–Kier alpha value is -3.87. The summed E-state index contributed by atoms with van der Waals surface area (Å²) >= 11 is 0. The molecular formula is C20H18N6O. The minimum Gasteiger partial charge on any atom is -0.385 e. The van der Waals surface area contributed by atoms with Crippen molar-refractivity contribution < 1.29 is 4.79 Å². The quantitative estimate of drug-likeness (QED) is 0.509. The number of primary amides is 1. The van der Waals surface area contributed by atoms with Gasteiger partial charge in [-0.05, 0) is 23.3 Å². The van der Waals surface area contributed by atoms with Crippen molar-refractivity contribution in [3.8, 4) is 11.1 Å². The van der Waals surface area contributed by atoms with Crippen LogP contribution in [0.25, 0.3) is 16.8 Å². The fourth-order valence-electron chi connectivity index (χ4n) is 2.94. The fourth-order valence-corrected chi connectivity index (χ4v) is 2.94. The Labute approximate surface area is 155 Å². The summed E-state index contributed by atoms with van der Waals surface area (Å²) in [5.74, 6) is -0.0159. The van der Waals surface area contributed by atoms with E-state index in [1.807, 2.05) is 42.5 Å². The second-order valence-corrected chi connectivity index (χ2v) is 6.01. The molecule has 0 aliphatic rings. The van der Waals surface area contributed by atoms with Crippen LogP contribution in [0.5, 0.6) is 0 Å². The summed E-state index contributed by atoms with van der Waals surface area (Å²) in [5, 5.41) is 10.8. The van der Waals surface area contributed by atoms with Crippen LogP contribution in [0, 0.1) is 0 Å². The number of amides is 1. The standard InChI is InChI=1S/C20H18N6O/c1-22-16-11-18(25-26-17(19(21)27)12-23-20(16)26)24-15-9-5-8-14(10-15)13-6-3-2-4-7-13/h2-12,22H,1H3,(H2,21,27)(H,24,25). The molecule has 1 amide bonds. The van der Waals surface area contributed by atoms with Crippen molar-refractivity contribution in [2.24, 2.45) is 5.73 Å². The molecule has 2 heterocycles. The molecule has 134 valence electrons. The maximum absolute atomic E-state index is 11.6. The van der Waals surface area contributed by atoms with Crippen LogP contribution in [0.4, 0.5) is 17.2 Å². The Morgan fingerprint density at radius 2 is 1.81 bits per heavy atom. The molecule has 0 bridgehead atoms. The highest BCUT2D eigenvalue weighted by Gasteiger charge is 2.14. The van der Waals surface area contributed by atoms with E-state index in [1.165, 1.54) is 10.7 Å². The summed E-state index contributed by atoms with van der Waals surface area (Å²) in [5.41, 5.74) is 10.0. The number of benzene rings is 2. The average molecular weight is 358 g/mol. The minimum atomic E-state index is -0.583. The van der Waals surface area contributed by atoms with Gasteiger partial charge in [-0.25, -0.2) is 9.50 Å². The third-order valence-electron chi connectivity index (χ3n) is 4.23. The predicted molar refractivity (Wildman–Crippen MR) is 106 cm³/mol. The summed E-state index contributed by atoms with van der Waals surface area (Å²) in [4.78, 5) is 15.8. The lowest BCUT2D eigenvalue weighted by Crippen LogP contribution is -2.15. The molecule has 4 N–H and O–H groups in total. The third kappa shape index (κ3) is 3.18. The van der Waals surface area contributed by atoms with Gasteiger partial charge in [0.25, 0.3) is 5.91 Å². The van der Waals surface area contributed by atoms with Crippen LogP contribution < -0.4 is 16.4 Å². The third-order valence-corrected chi connectivity index (χ3v) is 4.23. The zero-order chi connectivity index (χ0) is 18.8. The molecule has 0 radical (unpaired) electrons. The zero-order valence-electron chi connectivity index (χ0n) is 14.7. The van der Waals surface area contributed by atoms with Gasteiger partial charge in [-0.3, -0.25) is 4.79 Å². The van der Waals surface area contributed by atoms with E-state index in [0.717, 1.165) is 22.5 Å². The van der Waals surface area contributed by atoms with Crippen molar-refractivity contribution in [3.63, 3.8) is 0 Å². The van der Waals surface area contributed by atoms with E-state index in [-0.39, 0.29) is 5.69 Å². The van der Waals surface area contributed by atoms with E-state index < -0.39 is 5.91 Å². The van der Waals surface area contributed by atoms with Gasteiger partial charge in [-0.1, -0.05) is 42.5 Å². The van der Waals surface area contributed by atoms with Crippen LogP contribution in [0.15, 0.2) is 66.9 Å². The fraction of sp³-hybridized carbons (Fsp3) is 0.0500. The van der Waals surface area contributed by atoms with E-state index in [2.05, 4.69) is 38.9 Å². The van der Waals surface area contributed by atoms with Crippen molar-refractivity contribution >= 4 is 28.7 Å². The van der Waals surface area contributed by atoms with Crippen molar-refractivity contribution in [1.82, 2.24) is 14.6 Å². The number of aromatic nitrogens is 3. The molecule has 0 saturated heterocycles. The number of nitrogens with zero attached hydrogens (tertiary/aromatic N) is 3. The van der Waals surface area contributed by atoms with Gasteiger partial charge in [0.05, 0.1) is 11.9 Å². The second-order valence-electron chi connectivity index (χ2n) is 6.01. The Morgan fingerprint density at radius 3 is 2.56 bits per heavy atom. The first kappa shape index (κ1) is 16.6. The topological polar surface area (TPSA) is 97.3 Å². The lowest BCUT2D eigenvalue weighted by molar-refractivity contribution is 0.0993. The van der Waals surface area contributed by atoms with Crippen LogP contribution in [-0.2, 0) is 0 Å². The molecule has 0 spiro atoms. The van der Waals surface area contributed by atoms with Crippen LogP contribution >= 0.6 is 0 Å². The van der Waals surface area contributed by atoms with Crippen LogP contribution in [0.3, 0.4) is 0 Å². The summed E-state index contributed by atoms with van der Waals surface area (Å²) < 4.78 is 1.44. The number of rotatable bonds is 5. The smallest absolute Gasteiger partial charge is 0.269 e. The Kier molecular flexibility index (Phi) is 4.18. The van der Waals surface area contributed by atoms with Crippen LogP contribution in [-0.4, -0.2) is 27.6 Å². The van der Waals surface area contributed by atoms with Gasteiger partial charge in [-0.2, -0.15) is 0 Å². The number of nitrogens with one attached hydrogen (secondary N) is 2. The molecule has 7 heteroatoms. The van der Waals surface area contributed by atoms with Crippen molar-refractivity contribution in [3.05, 3.63) is 72.6 Å². The number of hydrogen-bond donors (Lipinski definition) is 3. The largest absolute Gasteiger partial charge is 0.385 e. The number of imidazole rings is 1. The molecule has 0 aliphatic carbocycles. The van der Waals surface area contributed by atoms with Gasteiger partial charge in [-0.15, -0.1) is 5.10 Å². The normalized spacial score (nSPS) is 10.7. The van der Waals surface area contributed by atoms with Gasteiger partial charge < -0.3 is 16.4 Å². The first-order valence-corrected chi connectivity index (χ1v) is 8.44. The average Bonchev–Trinajstić information content (AvgIpc) is 3.12. The van der Waals surface area contributed by atoms with Gasteiger partial charge in [0.2, 0.25) is 0 Å². The maximum atomic E-state index is 11.6. The van der Waals surface area contributed by atoms with Crippen LogP contribution in [0.2, 0.25) is 0 Å². The molecule has 27 heavy (non-hydrogen) atoms. The lowest BCUT2D eigenvalue weighted by Gasteiger charge is -2.11. The SMILES string of the molecule is CNc1cc(Nc2cccc(-c3ccccc3)c2)nn2c(C(N)=O)cnc12. The molecule has 7 nitrogen and oxygen atoms in total. The van der Waals surface area contributed by atoms with Gasteiger partial charge in [0, 0.05) is 18.8 Å². The zero-order valence-corrected chi connectivity index (χ0v) is 14.7. The molecule has 0 aliphatic heterocycles. The minimum absolute atomic E-state index is 0.225. The molecule has 0 saturated carbocycles. The van der Waals surface area contributed by atoms with Gasteiger partial charge in [0.15, 0.2) is 11.5 Å². The number of anilines is 3. The molecule has 2 aromatic heterocycles. The van der Waals surface area contributed by atoms with E-state index in [1.54, 1.807) is 7.05 Å². The molecule has 0 atom stereocenters. The molecular weight excluding hydrogens is 340 g/mol. The molecule has 4 rings (SSSR count). The number of carbonyl (C=O) groups excluding carboxylic acids is 1. The highest BCUT2D eigenvalue weighted by molar-refractivity contribution is 5.92. The van der Waals surface area contributed by atoms with Crippen molar-refractivity contribution in [2.45, 2.75) is 0 Å². The highest BCUT2D eigenvalue weighted by Crippen LogP contribution is 2.26. The maximum Gasteiger partial charge on any atom is 0.269 e. The highest BCUT2D eigenvalue weighted by atomic mass is 16.1. The summed E-state index contributed by atoms with van der Waals surface area (Å²) in [7, 11) is 1.79. The molecule has 0 fully saturated rings. The summed E-state index contributed by atoms with van der Waals surface area (Å²) in [6.45, 7) is 0. The number of fused-ring (bicyclic) bond motifs is 1. The molecule has 2 aromatic carbocycles. The predicted octanol–water partition coefficient (Wildman–Crippen LogP) is 3.28. The second kappa shape index (κ2) is 6.80. The first-order valence-electron chi connectivity index (χ1n) is 8.44. The Balaban J connectivity index is 1.73. The van der Waals surface area contributed by atoms with E-state index in [4.69, 9.17) is 5.73 Å². The van der Waals surface area contributed by atoms with Crippen molar-refractivity contribution in [1.29, 1.82) is 0 Å². The summed E-state index contributed by atoms with van der Waals surface area (Å²) in [6, 6.07) is 20.0.